The summed E-state index contributed by atoms with van der Waals surface area (Å²) >= 11 is 1.69. The van der Waals surface area contributed by atoms with Crippen LogP contribution in [0.15, 0.2) is 66.0 Å². The first-order valence-electron chi connectivity index (χ1n) is 10.4. The van der Waals surface area contributed by atoms with Gasteiger partial charge in [0.05, 0.1) is 19.4 Å². The van der Waals surface area contributed by atoms with Crippen LogP contribution >= 0.6 is 11.3 Å². The molecule has 6 heteroatoms. The number of methoxy groups -OCH3 is 1. The number of hydrogen-bond donors (Lipinski definition) is 1. The van der Waals surface area contributed by atoms with E-state index in [0.717, 1.165) is 16.7 Å². The zero-order chi connectivity index (χ0) is 21.6. The van der Waals surface area contributed by atoms with E-state index < -0.39 is 0 Å². The van der Waals surface area contributed by atoms with Gasteiger partial charge in [0.1, 0.15) is 5.75 Å². The van der Waals surface area contributed by atoms with Gasteiger partial charge in [-0.05, 0) is 35.1 Å². The second-order valence-corrected chi connectivity index (χ2v) is 8.60. The molecular formula is C25H26N2O3S. The number of hydrogen-bond acceptors (Lipinski definition) is 4. The molecule has 3 aromatic rings. The SMILES string of the molecule is COc1ccccc1CC(=O)N1CCNC(=O)C(Cc2ccccc2-c2cccs2)C1. The standard InChI is InChI=1S/C25H26N2O3S/c1-30-22-10-5-3-8-19(22)16-24(28)27-13-12-26-25(29)20(17-27)15-18-7-2-4-9-21(18)23-11-6-14-31-23/h2-11,14,20H,12-13,15-17H2,1H3,(H,26,29). The van der Waals surface area contributed by atoms with Crippen LogP contribution < -0.4 is 10.1 Å². The smallest absolute Gasteiger partial charge is 0.227 e. The predicted molar refractivity (Wildman–Crippen MR) is 123 cm³/mol. The molecule has 1 N–H and O–H groups in total. The van der Waals surface area contributed by atoms with Crippen molar-refractivity contribution in [1.82, 2.24) is 10.2 Å². The Morgan fingerprint density at radius 1 is 1.10 bits per heavy atom. The molecule has 4 rings (SSSR count). The van der Waals surface area contributed by atoms with E-state index in [1.807, 2.05) is 47.4 Å². The van der Waals surface area contributed by atoms with Crippen LogP contribution in [-0.4, -0.2) is 43.5 Å². The van der Waals surface area contributed by atoms with E-state index in [2.05, 4.69) is 28.9 Å². The number of ether oxygens (including phenoxy) is 1. The zero-order valence-electron chi connectivity index (χ0n) is 17.5. The molecule has 0 aliphatic carbocycles. The minimum Gasteiger partial charge on any atom is -0.496 e. The Labute approximate surface area is 186 Å². The summed E-state index contributed by atoms with van der Waals surface area (Å²) < 4.78 is 5.39. The lowest BCUT2D eigenvalue weighted by Gasteiger charge is -2.24. The Bertz CT molecular complexity index is 1050. The molecule has 5 nitrogen and oxygen atoms in total. The normalized spacial score (nSPS) is 16.5. The van der Waals surface area contributed by atoms with E-state index in [1.165, 1.54) is 4.88 Å². The van der Waals surface area contributed by atoms with Gasteiger partial charge in [-0.2, -0.15) is 0 Å². The van der Waals surface area contributed by atoms with E-state index in [0.29, 0.717) is 31.8 Å². The lowest BCUT2D eigenvalue weighted by Crippen LogP contribution is -2.38. The molecule has 1 aliphatic heterocycles. The highest BCUT2D eigenvalue weighted by atomic mass is 32.1. The quantitative estimate of drug-likeness (QED) is 0.642. The fourth-order valence-electron chi connectivity index (χ4n) is 4.04. The minimum atomic E-state index is -0.287. The van der Waals surface area contributed by atoms with E-state index >= 15 is 0 Å². The first-order chi connectivity index (χ1) is 15.2. The number of carbonyl (C=O) groups excluding carboxylic acids is 2. The third-order valence-electron chi connectivity index (χ3n) is 5.65. The number of nitrogens with one attached hydrogen (secondary N) is 1. The van der Waals surface area contributed by atoms with Crippen LogP contribution in [0.4, 0.5) is 0 Å². The third-order valence-corrected chi connectivity index (χ3v) is 6.55. The van der Waals surface area contributed by atoms with Crippen molar-refractivity contribution in [1.29, 1.82) is 0 Å². The van der Waals surface area contributed by atoms with Gasteiger partial charge in [-0.25, -0.2) is 0 Å². The summed E-state index contributed by atoms with van der Waals surface area (Å²) in [5.41, 5.74) is 3.14. The fraction of sp³-hybridized carbons (Fsp3) is 0.280. The first kappa shape index (κ1) is 21.1. The third kappa shape index (κ3) is 4.97. The molecule has 2 amide bonds. The summed E-state index contributed by atoms with van der Waals surface area (Å²) in [6.45, 7) is 1.40. The van der Waals surface area contributed by atoms with Crippen molar-refractivity contribution >= 4 is 23.2 Å². The minimum absolute atomic E-state index is 0.00794. The van der Waals surface area contributed by atoms with E-state index in [1.54, 1.807) is 18.4 Å². The lowest BCUT2D eigenvalue weighted by molar-refractivity contribution is -0.131. The largest absolute Gasteiger partial charge is 0.496 e. The molecule has 160 valence electrons. The monoisotopic (exact) mass is 434 g/mol. The van der Waals surface area contributed by atoms with Crippen molar-refractivity contribution in [3.8, 4) is 16.2 Å². The van der Waals surface area contributed by atoms with Crippen molar-refractivity contribution in [2.45, 2.75) is 12.8 Å². The number of amides is 2. The summed E-state index contributed by atoms with van der Waals surface area (Å²) in [5.74, 6) is 0.442. The predicted octanol–water partition coefficient (Wildman–Crippen LogP) is 3.78. The van der Waals surface area contributed by atoms with Crippen LogP contribution in [0.3, 0.4) is 0 Å². The molecule has 2 heterocycles. The highest BCUT2D eigenvalue weighted by molar-refractivity contribution is 7.13. The Balaban J connectivity index is 1.51. The molecule has 0 saturated carbocycles. The van der Waals surface area contributed by atoms with Crippen LogP contribution in [0, 0.1) is 5.92 Å². The lowest BCUT2D eigenvalue weighted by atomic mass is 9.94. The second kappa shape index (κ2) is 9.79. The molecule has 1 fully saturated rings. The number of carbonyl (C=O) groups is 2. The van der Waals surface area contributed by atoms with Crippen molar-refractivity contribution in [3.05, 3.63) is 77.2 Å². The average Bonchev–Trinajstić information content (AvgIpc) is 3.26. The summed E-state index contributed by atoms with van der Waals surface area (Å²) in [5, 5.41) is 5.04. The number of nitrogens with zero attached hydrogens (tertiary/aromatic N) is 1. The van der Waals surface area contributed by atoms with Gasteiger partial charge in [-0.3, -0.25) is 9.59 Å². The Morgan fingerprint density at radius 3 is 2.65 bits per heavy atom. The zero-order valence-corrected chi connectivity index (χ0v) is 18.4. The van der Waals surface area contributed by atoms with Gasteiger partial charge >= 0.3 is 0 Å². The number of para-hydroxylation sites is 1. The summed E-state index contributed by atoms with van der Waals surface area (Å²) in [7, 11) is 1.61. The van der Waals surface area contributed by atoms with Gasteiger partial charge in [0.15, 0.2) is 0 Å². The molecule has 1 saturated heterocycles. The van der Waals surface area contributed by atoms with Crippen molar-refractivity contribution in [2.75, 3.05) is 26.7 Å². The van der Waals surface area contributed by atoms with E-state index in [4.69, 9.17) is 4.74 Å². The molecule has 0 spiro atoms. The molecule has 0 bridgehead atoms. The molecule has 1 atom stereocenters. The summed E-state index contributed by atoms with van der Waals surface area (Å²) in [6.07, 6.45) is 0.856. The van der Waals surface area contributed by atoms with Crippen LogP contribution in [0.25, 0.3) is 10.4 Å². The number of rotatable bonds is 6. The summed E-state index contributed by atoms with van der Waals surface area (Å²) in [4.78, 5) is 28.9. The van der Waals surface area contributed by atoms with Gasteiger partial charge < -0.3 is 15.0 Å². The van der Waals surface area contributed by atoms with Gasteiger partial charge in [0.2, 0.25) is 11.8 Å². The maximum Gasteiger partial charge on any atom is 0.227 e. The molecule has 31 heavy (non-hydrogen) atoms. The first-order valence-corrected chi connectivity index (χ1v) is 11.3. The molecule has 0 radical (unpaired) electrons. The Morgan fingerprint density at radius 2 is 1.87 bits per heavy atom. The maximum atomic E-state index is 13.1. The van der Waals surface area contributed by atoms with Crippen LogP contribution in [0.5, 0.6) is 5.75 Å². The van der Waals surface area contributed by atoms with E-state index in [9.17, 15) is 9.59 Å². The van der Waals surface area contributed by atoms with Crippen molar-refractivity contribution in [3.63, 3.8) is 0 Å². The van der Waals surface area contributed by atoms with Gasteiger partial charge in [0, 0.05) is 30.1 Å². The molecule has 1 aliphatic rings. The molecule has 1 unspecified atom stereocenters. The van der Waals surface area contributed by atoms with Crippen molar-refractivity contribution < 1.29 is 14.3 Å². The molecule has 2 aromatic carbocycles. The van der Waals surface area contributed by atoms with Gasteiger partial charge in [0.25, 0.3) is 0 Å². The highest BCUT2D eigenvalue weighted by Gasteiger charge is 2.28. The second-order valence-electron chi connectivity index (χ2n) is 7.65. The average molecular weight is 435 g/mol. The summed E-state index contributed by atoms with van der Waals surface area (Å²) in [6, 6.07) is 19.9. The fourth-order valence-corrected chi connectivity index (χ4v) is 4.83. The van der Waals surface area contributed by atoms with E-state index in [-0.39, 0.29) is 24.2 Å². The maximum absolute atomic E-state index is 13.1. The van der Waals surface area contributed by atoms with Gasteiger partial charge in [-0.15, -0.1) is 11.3 Å². The van der Waals surface area contributed by atoms with Crippen molar-refractivity contribution in [2.24, 2.45) is 5.92 Å². The topological polar surface area (TPSA) is 58.6 Å². The highest BCUT2D eigenvalue weighted by Crippen LogP contribution is 2.30. The molecular weight excluding hydrogens is 408 g/mol. The van der Waals surface area contributed by atoms with Gasteiger partial charge in [-0.1, -0.05) is 48.5 Å². The van der Waals surface area contributed by atoms with Crippen LogP contribution in [0.1, 0.15) is 11.1 Å². The Hall–Kier alpha value is -3.12. The van der Waals surface area contributed by atoms with Crippen LogP contribution in [-0.2, 0) is 22.4 Å². The molecule has 1 aromatic heterocycles. The number of thiophene rings is 1. The number of benzene rings is 2. The Kier molecular flexibility index (Phi) is 6.67. The van der Waals surface area contributed by atoms with Crippen LogP contribution in [0.2, 0.25) is 0 Å².